The molecule has 3 nitrogen and oxygen atoms in total. The van der Waals surface area contributed by atoms with E-state index >= 15 is 0 Å². The van der Waals surface area contributed by atoms with Crippen LogP contribution in [0, 0.1) is 0 Å². The Kier molecular flexibility index (Phi) is 8.96. The summed E-state index contributed by atoms with van der Waals surface area (Å²) in [5.74, 6) is 0.919. The number of ether oxygens (including phenoxy) is 2. The van der Waals surface area contributed by atoms with Gasteiger partial charge in [-0.05, 0) is 49.1 Å². The van der Waals surface area contributed by atoms with Crippen LogP contribution < -0.4 is 4.74 Å². The predicted molar refractivity (Wildman–Crippen MR) is 109 cm³/mol. The number of halogens is 1. The van der Waals surface area contributed by atoms with Crippen LogP contribution in [-0.4, -0.2) is 37.2 Å². The van der Waals surface area contributed by atoms with E-state index in [-0.39, 0.29) is 12.4 Å². The van der Waals surface area contributed by atoms with Crippen molar-refractivity contribution in [2.45, 2.75) is 38.9 Å². The number of hydrogen-bond donors (Lipinski definition) is 0. The second-order valence-electron chi connectivity index (χ2n) is 6.72. The molecule has 2 aromatic carbocycles. The van der Waals surface area contributed by atoms with Crippen LogP contribution >= 0.6 is 12.4 Å². The second kappa shape index (κ2) is 11.2. The van der Waals surface area contributed by atoms with Crippen LogP contribution in [0.2, 0.25) is 0 Å². The molecule has 1 atom stereocenters. The van der Waals surface area contributed by atoms with E-state index in [2.05, 4.69) is 36.1 Å². The van der Waals surface area contributed by atoms with E-state index in [1.165, 1.54) is 24.1 Å². The van der Waals surface area contributed by atoms with E-state index in [0.717, 1.165) is 38.3 Å². The average molecular weight is 376 g/mol. The molecule has 3 rings (SSSR count). The Morgan fingerprint density at radius 3 is 2.50 bits per heavy atom. The molecule has 0 spiro atoms. The highest BCUT2D eigenvalue weighted by molar-refractivity contribution is 5.85. The largest absolute Gasteiger partial charge is 0.489 e. The van der Waals surface area contributed by atoms with Gasteiger partial charge in [0, 0.05) is 13.1 Å². The van der Waals surface area contributed by atoms with Gasteiger partial charge in [0.25, 0.3) is 0 Å². The Labute approximate surface area is 163 Å². The zero-order valence-electron chi connectivity index (χ0n) is 15.6. The Hall–Kier alpha value is -1.55. The third kappa shape index (κ3) is 6.64. The van der Waals surface area contributed by atoms with Crippen molar-refractivity contribution < 1.29 is 9.47 Å². The van der Waals surface area contributed by atoms with Gasteiger partial charge >= 0.3 is 0 Å². The first-order valence-electron chi connectivity index (χ1n) is 9.43. The first-order valence-corrected chi connectivity index (χ1v) is 9.43. The van der Waals surface area contributed by atoms with Crippen molar-refractivity contribution in [2.75, 3.05) is 26.2 Å². The molecule has 1 heterocycles. The van der Waals surface area contributed by atoms with E-state index in [9.17, 15) is 0 Å². The van der Waals surface area contributed by atoms with Crippen LogP contribution in [0.5, 0.6) is 5.75 Å². The third-order valence-corrected chi connectivity index (χ3v) is 4.79. The molecular weight excluding hydrogens is 346 g/mol. The zero-order valence-corrected chi connectivity index (χ0v) is 16.4. The van der Waals surface area contributed by atoms with Crippen LogP contribution in [0.4, 0.5) is 0 Å². The van der Waals surface area contributed by atoms with Gasteiger partial charge in [0.1, 0.15) is 12.4 Å². The maximum atomic E-state index is 5.79. The number of benzene rings is 2. The molecule has 0 saturated carbocycles. The van der Waals surface area contributed by atoms with E-state index in [4.69, 9.17) is 9.47 Å². The van der Waals surface area contributed by atoms with Gasteiger partial charge in [0.15, 0.2) is 0 Å². The summed E-state index contributed by atoms with van der Waals surface area (Å²) in [6.45, 7) is 7.04. The number of rotatable bonds is 8. The van der Waals surface area contributed by atoms with Gasteiger partial charge in [-0.2, -0.15) is 0 Å². The number of aryl methyl sites for hydroxylation is 1. The van der Waals surface area contributed by atoms with Crippen molar-refractivity contribution in [3.8, 4) is 5.75 Å². The van der Waals surface area contributed by atoms with Crippen LogP contribution in [-0.2, 0) is 17.8 Å². The molecule has 0 N–H and O–H groups in total. The monoisotopic (exact) mass is 375 g/mol. The lowest BCUT2D eigenvalue weighted by molar-refractivity contribution is -0.0297. The standard InChI is InChI=1S/C22H29NO2.ClH/c1-2-21-17-23(15-16-24-21)14-6-7-19-10-12-20(13-11-19)18-25-22-8-4-3-5-9-22;/h3-5,8-13,21H,2,6-7,14-18H2,1H3;1H. The molecule has 0 radical (unpaired) electrons. The van der Waals surface area contributed by atoms with Crippen molar-refractivity contribution in [1.82, 2.24) is 4.90 Å². The lowest BCUT2D eigenvalue weighted by Crippen LogP contribution is -2.42. The summed E-state index contributed by atoms with van der Waals surface area (Å²) in [6, 6.07) is 18.8. The van der Waals surface area contributed by atoms with Gasteiger partial charge in [-0.3, -0.25) is 4.90 Å². The minimum atomic E-state index is 0. The maximum absolute atomic E-state index is 5.79. The van der Waals surface area contributed by atoms with Gasteiger partial charge in [-0.25, -0.2) is 0 Å². The smallest absolute Gasteiger partial charge is 0.119 e. The van der Waals surface area contributed by atoms with Crippen LogP contribution in [0.25, 0.3) is 0 Å². The summed E-state index contributed by atoms with van der Waals surface area (Å²) >= 11 is 0. The summed E-state index contributed by atoms with van der Waals surface area (Å²) in [4.78, 5) is 2.54. The zero-order chi connectivity index (χ0) is 17.3. The quantitative estimate of drug-likeness (QED) is 0.665. The van der Waals surface area contributed by atoms with E-state index < -0.39 is 0 Å². The highest BCUT2D eigenvalue weighted by atomic mass is 35.5. The van der Waals surface area contributed by atoms with Crippen molar-refractivity contribution in [3.05, 3.63) is 65.7 Å². The molecule has 142 valence electrons. The van der Waals surface area contributed by atoms with Gasteiger partial charge in [0.2, 0.25) is 0 Å². The summed E-state index contributed by atoms with van der Waals surface area (Å²) in [6.07, 6.45) is 3.88. The predicted octanol–water partition coefficient (Wildman–Crippen LogP) is 4.73. The molecular formula is C22H30ClNO2. The Bertz CT molecular complexity index is 618. The van der Waals surface area contributed by atoms with Gasteiger partial charge in [-0.1, -0.05) is 49.4 Å². The molecule has 0 aromatic heterocycles. The van der Waals surface area contributed by atoms with Crippen molar-refractivity contribution in [3.63, 3.8) is 0 Å². The lowest BCUT2D eigenvalue weighted by Gasteiger charge is -2.32. The summed E-state index contributed by atoms with van der Waals surface area (Å²) < 4.78 is 11.5. The minimum Gasteiger partial charge on any atom is -0.489 e. The molecule has 0 amide bonds. The van der Waals surface area contributed by atoms with Crippen molar-refractivity contribution in [2.24, 2.45) is 0 Å². The molecule has 1 aliphatic heterocycles. The molecule has 2 aromatic rings. The molecule has 0 aliphatic carbocycles. The van der Waals surface area contributed by atoms with Gasteiger partial charge < -0.3 is 9.47 Å². The first kappa shape index (κ1) is 20.8. The molecule has 0 bridgehead atoms. The number of para-hydroxylation sites is 1. The molecule has 1 unspecified atom stereocenters. The molecule has 4 heteroatoms. The highest BCUT2D eigenvalue weighted by Crippen LogP contribution is 2.14. The Morgan fingerprint density at radius 1 is 1.04 bits per heavy atom. The summed E-state index contributed by atoms with van der Waals surface area (Å²) in [5.41, 5.74) is 2.62. The fourth-order valence-electron chi connectivity index (χ4n) is 3.22. The normalized spacial score (nSPS) is 17.5. The third-order valence-electron chi connectivity index (χ3n) is 4.79. The van der Waals surface area contributed by atoms with Gasteiger partial charge in [0.05, 0.1) is 12.7 Å². The fraction of sp³-hybridized carbons (Fsp3) is 0.455. The Morgan fingerprint density at radius 2 is 1.77 bits per heavy atom. The molecule has 1 saturated heterocycles. The molecule has 26 heavy (non-hydrogen) atoms. The van der Waals surface area contributed by atoms with Crippen LogP contribution in [0.15, 0.2) is 54.6 Å². The average Bonchev–Trinajstić information content (AvgIpc) is 2.68. The molecule has 1 aliphatic rings. The maximum Gasteiger partial charge on any atom is 0.119 e. The molecule has 1 fully saturated rings. The van der Waals surface area contributed by atoms with E-state index in [1.807, 2.05) is 30.3 Å². The van der Waals surface area contributed by atoms with E-state index in [1.54, 1.807) is 0 Å². The topological polar surface area (TPSA) is 21.7 Å². The second-order valence-corrected chi connectivity index (χ2v) is 6.72. The van der Waals surface area contributed by atoms with E-state index in [0.29, 0.717) is 12.7 Å². The number of nitrogens with zero attached hydrogens (tertiary/aromatic N) is 1. The van der Waals surface area contributed by atoms with Crippen LogP contribution in [0.1, 0.15) is 30.9 Å². The fourth-order valence-corrected chi connectivity index (χ4v) is 3.22. The number of hydrogen-bond acceptors (Lipinski definition) is 3. The lowest BCUT2D eigenvalue weighted by atomic mass is 10.1. The highest BCUT2D eigenvalue weighted by Gasteiger charge is 2.18. The summed E-state index contributed by atoms with van der Waals surface area (Å²) in [5, 5.41) is 0. The van der Waals surface area contributed by atoms with Gasteiger partial charge in [-0.15, -0.1) is 12.4 Å². The first-order chi connectivity index (χ1) is 12.3. The van der Waals surface area contributed by atoms with Crippen molar-refractivity contribution >= 4 is 12.4 Å². The van der Waals surface area contributed by atoms with Crippen molar-refractivity contribution in [1.29, 1.82) is 0 Å². The minimum absolute atomic E-state index is 0. The van der Waals surface area contributed by atoms with Crippen LogP contribution in [0.3, 0.4) is 0 Å². The number of morpholine rings is 1. The summed E-state index contributed by atoms with van der Waals surface area (Å²) in [7, 11) is 0. The SMILES string of the molecule is CCC1CN(CCCc2ccc(COc3ccccc3)cc2)CCO1.Cl. The Balaban J connectivity index is 0.00000243.